The first-order valence-electron chi connectivity index (χ1n) is 8.94. The van der Waals surface area contributed by atoms with E-state index in [1.54, 1.807) is 43.3 Å². The largest absolute Gasteiger partial charge is 0.490 e. The molecule has 1 saturated carbocycles. The Bertz CT molecular complexity index is 779. The Balaban J connectivity index is 1.65. The van der Waals surface area contributed by atoms with E-state index in [1.807, 2.05) is 12.1 Å². The monoisotopic (exact) mass is 353 g/mol. The Labute approximate surface area is 153 Å². The van der Waals surface area contributed by atoms with Gasteiger partial charge in [-0.3, -0.25) is 9.59 Å². The molecule has 0 aromatic heterocycles. The van der Waals surface area contributed by atoms with Crippen LogP contribution in [-0.2, 0) is 4.79 Å². The van der Waals surface area contributed by atoms with Gasteiger partial charge in [-0.2, -0.15) is 0 Å². The van der Waals surface area contributed by atoms with E-state index in [4.69, 9.17) is 9.84 Å². The van der Waals surface area contributed by atoms with Gasteiger partial charge in [-0.25, -0.2) is 0 Å². The number of ether oxygens (including phenoxy) is 1. The molecule has 1 fully saturated rings. The molecule has 1 unspecified atom stereocenters. The van der Waals surface area contributed by atoms with Gasteiger partial charge in [0.15, 0.2) is 0 Å². The maximum Gasteiger partial charge on any atom is 0.310 e. The summed E-state index contributed by atoms with van der Waals surface area (Å²) in [5.74, 6) is -0.957. The zero-order chi connectivity index (χ0) is 18.5. The van der Waals surface area contributed by atoms with Gasteiger partial charge in [-0.1, -0.05) is 18.2 Å². The molecule has 0 saturated heterocycles. The smallest absolute Gasteiger partial charge is 0.310 e. The third-order valence-electron chi connectivity index (χ3n) is 4.74. The molecule has 2 aromatic rings. The number of carboxylic acid groups (broad SMARTS) is 1. The molecule has 0 radical (unpaired) electrons. The highest BCUT2D eigenvalue weighted by molar-refractivity contribution is 6.04. The number of hydrogen-bond donors (Lipinski definition) is 2. The van der Waals surface area contributed by atoms with Crippen molar-refractivity contribution >= 4 is 17.6 Å². The summed E-state index contributed by atoms with van der Waals surface area (Å²) in [5, 5.41) is 11.9. The molecule has 3 rings (SSSR count). The molecule has 1 aliphatic carbocycles. The van der Waals surface area contributed by atoms with Gasteiger partial charge in [0.2, 0.25) is 0 Å². The minimum atomic E-state index is -0.874. The highest BCUT2D eigenvalue weighted by atomic mass is 16.5. The maximum absolute atomic E-state index is 12.5. The summed E-state index contributed by atoms with van der Waals surface area (Å²) in [6.07, 6.45) is 4.77. The fourth-order valence-electron chi connectivity index (χ4n) is 3.11. The summed E-state index contributed by atoms with van der Waals surface area (Å²) in [4.78, 5) is 23.5. The Morgan fingerprint density at radius 2 is 1.81 bits per heavy atom. The second kappa shape index (κ2) is 8.04. The quantitative estimate of drug-likeness (QED) is 0.804. The Morgan fingerprint density at radius 1 is 1.12 bits per heavy atom. The predicted octanol–water partition coefficient (Wildman–Crippen LogP) is 4.45. The van der Waals surface area contributed by atoms with Crippen molar-refractivity contribution in [2.24, 2.45) is 0 Å². The molecule has 1 amide bonds. The van der Waals surface area contributed by atoms with Crippen LogP contribution in [0.3, 0.4) is 0 Å². The molecule has 0 heterocycles. The van der Waals surface area contributed by atoms with Crippen LogP contribution in [0.4, 0.5) is 5.69 Å². The predicted molar refractivity (Wildman–Crippen MR) is 99.8 cm³/mol. The topological polar surface area (TPSA) is 75.6 Å². The average molecular weight is 353 g/mol. The van der Waals surface area contributed by atoms with Gasteiger partial charge in [0.25, 0.3) is 5.91 Å². The van der Waals surface area contributed by atoms with Gasteiger partial charge in [0.05, 0.1) is 12.0 Å². The van der Waals surface area contributed by atoms with Gasteiger partial charge in [0.1, 0.15) is 5.75 Å². The Kier molecular flexibility index (Phi) is 5.56. The van der Waals surface area contributed by atoms with Crippen molar-refractivity contribution in [3.8, 4) is 5.75 Å². The zero-order valence-corrected chi connectivity index (χ0v) is 14.8. The molecule has 0 spiro atoms. The van der Waals surface area contributed by atoms with E-state index < -0.39 is 11.9 Å². The normalized spacial score (nSPS) is 15.4. The molecule has 2 aromatic carbocycles. The number of rotatable bonds is 6. The molecule has 5 nitrogen and oxygen atoms in total. The maximum atomic E-state index is 12.5. The van der Waals surface area contributed by atoms with Crippen LogP contribution >= 0.6 is 0 Å². The van der Waals surface area contributed by atoms with E-state index in [0.717, 1.165) is 18.6 Å². The van der Waals surface area contributed by atoms with E-state index >= 15 is 0 Å². The van der Waals surface area contributed by atoms with Crippen molar-refractivity contribution in [3.05, 3.63) is 59.7 Å². The first kappa shape index (κ1) is 18.0. The van der Waals surface area contributed by atoms with Crippen molar-refractivity contribution in [3.63, 3.8) is 0 Å². The molecule has 1 atom stereocenters. The number of nitrogens with one attached hydrogen (secondary N) is 1. The first-order chi connectivity index (χ1) is 12.5. The molecule has 26 heavy (non-hydrogen) atoms. The number of carbonyl (C=O) groups excluding carboxylic acids is 1. The lowest BCUT2D eigenvalue weighted by Gasteiger charge is -2.14. The van der Waals surface area contributed by atoms with Crippen molar-refractivity contribution < 1.29 is 19.4 Å². The summed E-state index contributed by atoms with van der Waals surface area (Å²) in [5.41, 5.74) is 1.85. The minimum Gasteiger partial charge on any atom is -0.490 e. The molecule has 2 N–H and O–H groups in total. The summed E-state index contributed by atoms with van der Waals surface area (Å²) in [6, 6.07) is 14.1. The highest BCUT2D eigenvalue weighted by Crippen LogP contribution is 2.25. The summed E-state index contributed by atoms with van der Waals surface area (Å²) < 4.78 is 5.95. The first-order valence-corrected chi connectivity index (χ1v) is 8.94. The number of carbonyl (C=O) groups is 2. The van der Waals surface area contributed by atoms with Crippen LogP contribution in [0.1, 0.15) is 54.4 Å². The molecule has 1 aliphatic rings. The highest BCUT2D eigenvalue weighted by Gasteiger charge is 2.17. The van der Waals surface area contributed by atoms with E-state index in [2.05, 4.69) is 5.32 Å². The summed E-state index contributed by atoms with van der Waals surface area (Å²) in [7, 11) is 0. The van der Waals surface area contributed by atoms with Crippen LogP contribution in [0.5, 0.6) is 5.75 Å². The number of anilines is 1. The lowest BCUT2D eigenvalue weighted by atomic mass is 10.0. The van der Waals surface area contributed by atoms with Crippen LogP contribution in [0.25, 0.3) is 0 Å². The van der Waals surface area contributed by atoms with Crippen molar-refractivity contribution in [2.45, 2.75) is 44.6 Å². The van der Waals surface area contributed by atoms with E-state index in [-0.39, 0.29) is 12.0 Å². The average Bonchev–Trinajstić information content (AvgIpc) is 3.15. The second-order valence-electron chi connectivity index (χ2n) is 6.69. The summed E-state index contributed by atoms with van der Waals surface area (Å²) in [6.45, 7) is 1.63. The molecular formula is C21H23NO4. The number of carboxylic acids is 1. The summed E-state index contributed by atoms with van der Waals surface area (Å²) >= 11 is 0. The second-order valence-corrected chi connectivity index (χ2v) is 6.69. The molecule has 5 heteroatoms. The van der Waals surface area contributed by atoms with Gasteiger partial charge >= 0.3 is 5.97 Å². The standard InChI is InChI=1S/C21H23NO4/c1-14(21(24)25)15-9-11-17(12-10-15)22-20(23)16-5-4-8-19(13-16)26-18-6-2-3-7-18/h4-5,8-14,18H,2-3,6-7H2,1H3,(H,22,23)(H,24,25). The fraction of sp³-hybridized carbons (Fsp3) is 0.333. The third-order valence-corrected chi connectivity index (χ3v) is 4.74. The van der Waals surface area contributed by atoms with E-state index in [9.17, 15) is 9.59 Å². The van der Waals surface area contributed by atoms with Crippen molar-refractivity contribution in [2.75, 3.05) is 5.32 Å². The molecule has 136 valence electrons. The van der Waals surface area contributed by atoms with Crippen molar-refractivity contribution in [1.82, 2.24) is 0 Å². The van der Waals surface area contributed by atoms with Crippen molar-refractivity contribution in [1.29, 1.82) is 0 Å². The Morgan fingerprint density at radius 3 is 2.46 bits per heavy atom. The van der Waals surface area contributed by atoms with Crippen LogP contribution < -0.4 is 10.1 Å². The lowest BCUT2D eigenvalue weighted by Crippen LogP contribution is -2.14. The van der Waals surface area contributed by atoms with Gasteiger partial charge in [-0.15, -0.1) is 0 Å². The van der Waals surface area contributed by atoms with Crippen LogP contribution in [0, 0.1) is 0 Å². The van der Waals surface area contributed by atoms with Crippen LogP contribution in [-0.4, -0.2) is 23.1 Å². The van der Waals surface area contributed by atoms with Gasteiger partial charge in [-0.05, 0) is 68.5 Å². The number of benzene rings is 2. The molecular weight excluding hydrogens is 330 g/mol. The van der Waals surface area contributed by atoms with Crippen LogP contribution in [0.15, 0.2) is 48.5 Å². The number of hydrogen-bond acceptors (Lipinski definition) is 3. The Hall–Kier alpha value is -2.82. The van der Waals surface area contributed by atoms with Gasteiger partial charge in [0, 0.05) is 11.3 Å². The number of aliphatic carboxylic acids is 1. The number of amides is 1. The molecule has 0 aliphatic heterocycles. The fourth-order valence-corrected chi connectivity index (χ4v) is 3.11. The zero-order valence-electron chi connectivity index (χ0n) is 14.8. The third kappa shape index (κ3) is 4.42. The SMILES string of the molecule is CC(C(=O)O)c1ccc(NC(=O)c2cccc(OC3CCCC3)c2)cc1. The minimum absolute atomic E-state index is 0.221. The molecule has 0 bridgehead atoms. The lowest BCUT2D eigenvalue weighted by molar-refractivity contribution is -0.138. The van der Waals surface area contributed by atoms with Gasteiger partial charge < -0.3 is 15.2 Å². The van der Waals surface area contributed by atoms with Crippen LogP contribution in [0.2, 0.25) is 0 Å². The van der Waals surface area contributed by atoms with E-state index in [0.29, 0.717) is 16.8 Å². The van der Waals surface area contributed by atoms with E-state index in [1.165, 1.54) is 12.8 Å².